The number of aryl methyl sites for hydroxylation is 1. The van der Waals surface area contributed by atoms with Gasteiger partial charge in [-0.25, -0.2) is 0 Å². The number of amides is 1. The molecule has 2 aromatic carbocycles. The topological polar surface area (TPSA) is 92.3 Å². The molecule has 1 aromatic heterocycles. The zero-order valence-corrected chi connectivity index (χ0v) is 16.0. The molecular weight excluding hydrogens is 368 g/mol. The molecule has 0 N–H and O–H groups in total. The molecule has 3 aromatic rings. The normalized spacial score (nSPS) is 13.6. The lowest BCUT2D eigenvalue weighted by Crippen LogP contribution is -2.48. The highest BCUT2D eigenvalue weighted by Gasteiger charge is 2.35. The Kier molecular flexibility index (Phi) is 5.25. The lowest BCUT2D eigenvalue weighted by molar-refractivity contribution is 0.0569. The van der Waals surface area contributed by atoms with E-state index >= 15 is 0 Å². The molecule has 0 atom stereocenters. The van der Waals surface area contributed by atoms with E-state index in [1.54, 1.807) is 29.2 Å². The molecule has 2 heterocycles. The minimum atomic E-state index is -0.0583. The Morgan fingerprint density at radius 1 is 1.28 bits per heavy atom. The number of carbonyl (C=O) groups excluding carboxylic acids is 1. The van der Waals surface area contributed by atoms with E-state index in [9.17, 15) is 4.79 Å². The molecule has 1 amide bonds. The van der Waals surface area contributed by atoms with Gasteiger partial charge in [-0.3, -0.25) is 4.79 Å². The molecule has 1 fully saturated rings. The van der Waals surface area contributed by atoms with E-state index < -0.39 is 0 Å². The molecule has 29 heavy (non-hydrogen) atoms. The Hall–Kier alpha value is -3.66. The van der Waals surface area contributed by atoms with Crippen molar-refractivity contribution in [2.45, 2.75) is 19.3 Å². The van der Waals surface area contributed by atoms with Crippen molar-refractivity contribution in [1.29, 1.82) is 5.26 Å². The van der Waals surface area contributed by atoms with Crippen LogP contribution in [0.4, 0.5) is 0 Å². The number of rotatable bonds is 6. The Morgan fingerprint density at radius 2 is 2.07 bits per heavy atom. The van der Waals surface area contributed by atoms with Crippen molar-refractivity contribution in [3.8, 4) is 11.8 Å². The van der Waals surface area contributed by atoms with Crippen molar-refractivity contribution in [2.75, 3.05) is 19.7 Å². The third-order valence-electron chi connectivity index (χ3n) is 4.85. The highest BCUT2D eigenvalue weighted by molar-refractivity contribution is 5.95. The number of likely N-dealkylation sites (tertiary alicyclic amines) is 1. The van der Waals surface area contributed by atoms with Crippen LogP contribution < -0.4 is 4.74 Å². The first-order chi connectivity index (χ1) is 14.1. The summed E-state index contributed by atoms with van der Waals surface area (Å²) in [6.07, 6.45) is 0.554. The van der Waals surface area contributed by atoms with E-state index in [0.717, 1.165) is 11.3 Å². The first-order valence-electron chi connectivity index (χ1n) is 9.44. The number of hydrogen-bond acceptors (Lipinski definition) is 6. The molecule has 0 unspecified atom stereocenters. The van der Waals surface area contributed by atoms with Crippen LogP contribution in [-0.4, -0.2) is 40.6 Å². The van der Waals surface area contributed by atoms with Gasteiger partial charge in [0.25, 0.3) is 5.91 Å². The summed E-state index contributed by atoms with van der Waals surface area (Å²) in [7, 11) is 0. The van der Waals surface area contributed by atoms with Gasteiger partial charge in [0.1, 0.15) is 5.75 Å². The van der Waals surface area contributed by atoms with Crippen LogP contribution in [-0.2, 0) is 6.42 Å². The Balaban J connectivity index is 1.26. The van der Waals surface area contributed by atoms with Crippen LogP contribution in [0.25, 0.3) is 0 Å². The molecule has 146 valence electrons. The minimum absolute atomic E-state index is 0.0521. The summed E-state index contributed by atoms with van der Waals surface area (Å²) in [6.45, 7) is 3.57. The summed E-state index contributed by atoms with van der Waals surface area (Å²) in [5.41, 5.74) is 2.25. The number of benzene rings is 2. The van der Waals surface area contributed by atoms with Crippen LogP contribution in [0.5, 0.6) is 5.75 Å². The fraction of sp³-hybridized carbons (Fsp3) is 0.273. The zero-order chi connectivity index (χ0) is 20.2. The monoisotopic (exact) mass is 388 g/mol. The van der Waals surface area contributed by atoms with Gasteiger partial charge in [0.05, 0.1) is 24.2 Å². The van der Waals surface area contributed by atoms with Crippen LogP contribution in [0.15, 0.2) is 53.1 Å². The average Bonchev–Trinajstić information content (AvgIpc) is 3.15. The molecule has 0 bridgehead atoms. The molecule has 7 nitrogen and oxygen atoms in total. The van der Waals surface area contributed by atoms with Gasteiger partial charge >= 0.3 is 0 Å². The van der Waals surface area contributed by atoms with Crippen molar-refractivity contribution in [3.63, 3.8) is 0 Å². The minimum Gasteiger partial charge on any atom is -0.493 e. The van der Waals surface area contributed by atoms with E-state index in [4.69, 9.17) is 14.5 Å². The summed E-state index contributed by atoms with van der Waals surface area (Å²) < 4.78 is 11.1. The Labute approximate surface area is 168 Å². The molecule has 7 heteroatoms. The fourth-order valence-electron chi connectivity index (χ4n) is 3.17. The molecule has 0 saturated carbocycles. The van der Waals surface area contributed by atoms with Crippen molar-refractivity contribution in [2.24, 2.45) is 0 Å². The molecule has 1 aliphatic rings. The predicted octanol–water partition coefficient (Wildman–Crippen LogP) is 3.11. The number of nitriles is 1. The zero-order valence-electron chi connectivity index (χ0n) is 16.0. The maximum absolute atomic E-state index is 12.5. The van der Waals surface area contributed by atoms with Gasteiger partial charge < -0.3 is 14.2 Å². The van der Waals surface area contributed by atoms with Gasteiger partial charge in [-0.05, 0) is 48.9 Å². The van der Waals surface area contributed by atoms with Crippen LogP contribution in [0, 0.1) is 18.3 Å². The highest BCUT2D eigenvalue weighted by atomic mass is 16.5. The van der Waals surface area contributed by atoms with E-state index in [1.807, 2.05) is 37.3 Å². The molecule has 0 spiro atoms. The first kappa shape index (κ1) is 18.7. The van der Waals surface area contributed by atoms with Crippen LogP contribution in [0.2, 0.25) is 0 Å². The van der Waals surface area contributed by atoms with Gasteiger partial charge in [0.2, 0.25) is 5.89 Å². The van der Waals surface area contributed by atoms with E-state index in [1.165, 1.54) is 0 Å². The lowest BCUT2D eigenvalue weighted by Gasteiger charge is -2.37. The predicted molar refractivity (Wildman–Crippen MR) is 104 cm³/mol. The number of ether oxygens (including phenoxy) is 1. The first-order valence-corrected chi connectivity index (χ1v) is 9.44. The summed E-state index contributed by atoms with van der Waals surface area (Å²) in [6, 6.07) is 16.6. The van der Waals surface area contributed by atoms with Gasteiger partial charge in [0, 0.05) is 25.1 Å². The summed E-state index contributed by atoms with van der Waals surface area (Å²) in [5, 5.41) is 12.9. The van der Waals surface area contributed by atoms with Gasteiger partial charge in [0.15, 0.2) is 5.82 Å². The molecule has 1 aliphatic heterocycles. The average molecular weight is 388 g/mol. The van der Waals surface area contributed by atoms with Gasteiger partial charge in [-0.2, -0.15) is 10.2 Å². The van der Waals surface area contributed by atoms with Crippen molar-refractivity contribution in [1.82, 2.24) is 15.0 Å². The van der Waals surface area contributed by atoms with E-state index in [0.29, 0.717) is 49.0 Å². The maximum atomic E-state index is 12.5. The Morgan fingerprint density at radius 3 is 2.79 bits per heavy atom. The van der Waals surface area contributed by atoms with Crippen LogP contribution >= 0.6 is 0 Å². The number of carbonyl (C=O) groups is 1. The second kappa shape index (κ2) is 8.15. The quantitative estimate of drug-likeness (QED) is 0.644. The fourth-order valence-corrected chi connectivity index (χ4v) is 3.17. The third kappa shape index (κ3) is 4.27. The highest BCUT2D eigenvalue weighted by Crippen LogP contribution is 2.27. The van der Waals surface area contributed by atoms with Crippen molar-refractivity contribution in [3.05, 3.63) is 76.9 Å². The molecule has 1 saturated heterocycles. The number of hydrogen-bond donors (Lipinski definition) is 0. The number of nitrogens with zero attached hydrogens (tertiary/aromatic N) is 4. The van der Waals surface area contributed by atoms with Gasteiger partial charge in [-0.15, -0.1) is 0 Å². The standard InChI is InChI=1S/C22H20N4O3/c1-15-3-2-4-19(11-15)28-10-9-20-24-21(29-25-20)18-13-26(14-18)22(27)17-7-5-16(12-23)6-8-17/h2-8,11,18H,9-10,13-14H2,1H3. The second-order valence-corrected chi connectivity index (χ2v) is 7.06. The molecular formula is C22H20N4O3. The summed E-state index contributed by atoms with van der Waals surface area (Å²) in [4.78, 5) is 18.6. The third-order valence-corrected chi connectivity index (χ3v) is 4.85. The Bertz CT molecular complexity index is 1050. The largest absolute Gasteiger partial charge is 0.493 e. The van der Waals surface area contributed by atoms with Crippen molar-refractivity contribution >= 4 is 5.91 Å². The van der Waals surface area contributed by atoms with Crippen molar-refractivity contribution < 1.29 is 14.1 Å². The van der Waals surface area contributed by atoms with E-state index in [-0.39, 0.29) is 11.8 Å². The summed E-state index contributed by atoms with van der Waals surface area (Å²) >= 11 is 0. The maximum Gasteiger partial charge on any atom is 0.253 e. The molecule has 4 rings (SSSR count). The number of aromatic nitrogens is 2. The summed E-state index contributed by atoms with van der Waals surface area (Å²) in [5.74, 6) is 1.97. The molecule has 0 aliphatic carbocycles. The molecule has 0 radical (unpaired) electrons. The lowest BCUT2D eigenvalue weighted by atomic mass is 9.98. The van der Waals surface area contributed by atoms with E-state index in [2.05, 4.69) is 10.1 Å². The SMILES string of the molecule is Cc1cccc(OCCc2noc(C3CN(C(=O)c4ccc(C#N)cc4)C3)n2)c1. The van der Waals surface area contributed by atoms with Crippen LogP contribution in [0.1, 0.15) is 39.1 Å². The van der Waals surface area contributed by atoms with Crippen LogP contribution in [0.3, 0.4) is 0 Å². The van der Waals surface area contributed by atoms with Gasteiger partial charge in [-0.1, -0.05) is 17.3 Å². The smallest absolute Gasteiger partial charge is 0.253 e. The second-order valence-electron chi connectivity index (χ2n) is 7.06.